The highest BCUT2D eigenvalue weighted by atomic mass is 32.2. The Morgan fingerprint density at radius 1 is 1.20 bits per heavy atom. The van der Waals surface area contributed by atoms with Crippen LogP contribution in [-0.2, 0) is 16.6 Å². The van der Waals surface area contributed by atoms with Gasteiger partial charge in [-0.15, -0.1) is 0 Å². The van der Waals surface area contributed by atoms with Crippen LogP contribution in [0.25, 0.3) is 0 Å². The number of nitrogens with one attached hydrogen (secondary N) is 1. The average Bonchev–Trinajstić information content (AvgIpc) is 2.80. The number of methoxy groups -OCH3 is 1. The molecule has 1 atom stereocenters. The summed E-state index contributed by atoms with van der Waals surface area (Å²) in [6.07, 6.45) is 0. The molecular formula is C18H27N3O3S. The third-order valence-electron chi connectivity index (χ3n) is 4.48. The van der Waals surface area contributed by atoms with Crippen molar-refractivity contribution in [2.24, 2.45) is 0 Å². The van der Waals surface area contributed by atoms with Crippen molar-refractivity contribution in [3.63, 3.8) is 0 Å². The summed E-state index contributed by atoms with van der Waals surface area (Å²) in [5, 5.41) is 4.47. The van der Waals surface area contributed by atoms with E-state index in [4.69, 9.17) is 4.74 Å². The number of benzene rings is 1. The Bertz CT molecular complexity index is 885. The van der Waals surface area contributed by atoms with E-state index >= 15 is 0 Å². The van der Waals surface area contributed by atoms with Crippen LogP contribution in [0.1, 0.15) is 48.0 Å². The smallest absolute Gasteiger partial charge is 0.241 e. The molecule has 138 valence electrons. The molecule has 0 radical (unpaired) electrons. The van der Waals surface area contributed by atoms with Gasteiger partial charge < -0.3 is 4.74 Å². The number of aryl methyl sites for hydroxylation is 4. The van der Waals surface area contributed by atoms with Crippen molar-refractivity contribution >= 4 is 10.0 Å². The second-order valence-corrected chi connectivity index (χ2v) is 8.01. The van der Waals surface area contributed by atoms with Gasteiger partial charge in [0.2, 0.25) is 10.0 Å². The summed E-state index contributed by atoms with van der Waals surface area (Å²) in [7, 11) is -2.15. The molecule has 2 rings (SSSR count). The molecule has 0 bridgehead atoms. The zero-order valence-electron chi connectivity index (χ0n) is 16.0. The fourth-order valence-electron chi connectivity index (χ4n) is 3.32. The summed E-state index contributed by atoms with van der Waals surface area (Å²) in [4.78, 5) is 0.236. The van der Waals surface area contributed by atoms with E-state index in [1.54, 1.807) is 13.0 Å². The van der Waals surface area contributed by atoms with Gasteiger partial charge in [-0.2, -0.15) is 5.10 Å². The zero-order chi connectivity index (χ0) is 18.9. The monoisotopic (exact) mass is 365 g/mol. The van der Waals surface area contributed by atoms with Gasteiger partial charge in [-0.05, 0) is 52.7 Å². The molecule has 0 fully saturated rings. The zero-order valence-corrected chi connectivity index (χ0v) is 16.8. The summed E-state index contributed by atoms with van der Waals surface area (Å²) < 4.78 is 35.8. The number of nitrogens with zero attached hydrogens (tertiary/aromatic N) is 2. The Labute approximate surface area is 150 Å². The molecule has 2 aromatic rings. The van der Waals surface area contributed by atoms with Crippen LogP contribution in [-0.4, -0.2) is 25.3 Å². The Morgan fingerprint density at radius 3 is 2.36 bits per heavy atom. The molecule has 0 spiro atoms. The van der Waals surface area contributed by atoms with E-state index < -0.39 is 10.0 Å². The number of aromatic nitrogens is 2. The molecule has 0 aliphatic rings. The minimum Gasteiger partial charge on any atom is -0.496 e. The van der Waals surface area contributed by atoms with Gasteiger partial charge in [0.15, 0.2) is 0 Å². The average molecular weight is 365 g/mol. The second-order valence-electron chi connectivity index (χ2n) is 6.33. The van der Waals surface area contributed by atoms with Gasteiger partial charge in [0.25, 0.3) is 0 Å². The van der Waals surface area contributed by atoms with E-state index in [-0.39, 0.29) is 10.9 Å². The molecule has 1 aromatic heterocycles. The molecule has 0 aliphatic carbocycles. The molecule has 25 heavy (non-hydrogen) atoms. The van der Waals surface area contributed by atoms with Crippen molar-refractivity contribution in [3.05, 3.63) is 40.2 Å². The van der Waals surface area contributed by atoms with Crippen molar-refractivity contribution in [2.75, 3.05) is 7.11 Å². The normalized spacial score (nSPS) is 13.1. The van der Waals surface area contributed by atoms with Gasteiger partial charge in [-0.25, -0.2) is 13.1 Å². The van der Waals surface area contributed by atoms with Gasteiger partial charge in [0, 0.05) is 29.9 Å². The van der Waals surface area contributed by atoms with Crippen LogP contribution in [0.4, 0.5) is 0 Å². The van der Waals surface area contributed by atoms with E-state index in [1.807, 2.05) is 45.4 Å². The molecule has 1 aromatic carbocycles. The molecule has 0 saturated carbocycles. The fourth-order valence-corrected chi connectivity index (χ4v) is 4.78. The Balaban J connectivity index is 2.41. The summed E-state index contributed by atoms with van der Waals surface area (Å²) in [6, 6.07) is 3.02. The molecule has 0 aliphatic heterocycles. The van der Waals surface area contributed by atoms with Crippen molar-refractivity contribution in [2.45, 2.75) is 59.0 Å². The van der Waals surface area contributed by atoms with E-state index in [1.165, 1.54) is 7.11 Å². The SMILES string of the molecule is CCn1nc(C)c(C(C)NS(=O)(=O)c2cc(OC)c(C)cc2C)c1C. The Kier molecular flexibility index (Phi) is 5.58. The first-order chi connectivity index (χ1) is 11.6. The van der Waals surface area contributed by atoms with Crippen LogP contribution in [0.15, 0.2) is 17.0 Å². The van der Waals surface area contributed by atoms with Crippen molar-refractivity contribution < 1.29 is 13.2 Å². The largest absolute Gasteiger partial charge is 0.496 e. The highest BCUT2D eigenvalue weighted by Crippen LogP contribution is 2.28. The highest BCUT2D eigenvalue weighted by Gasteiger charge is 2.25. The summed E-state index contributed by atoms with van der Waals surface area (Å²) in [5.41, 5.74) is 4.34. The molecule has 1 unspecified atom stereocenters. The van der Waals surface area contributed by atoms with Crippen LogP contribution in [0, 0.1) is 27.7 Å². The lowest BCUT2D eigenvalue weighted by Gasteiger charge is -2.17. The van der Waals surface area contributed by atoms with Gasteiger partial charge in [-0.1, -0.05) is 6.07 Å². The first-order valence-corrected chi connectivity index (χ1v) is 9.82. The quantitative estimate of drug-likeness (QED) is 0.853. The number of ether oxygens (including phenoxy) is 1. The van der Waals surface area contributed by atoms with E-state index in [0.29, 0.717) is 11.3 Å². The van der Waals surface area contributed by atoms with Gasteiger partial charge in [0.1, 0.15) is 5.75 Å². The summed E-state index contributed by atoms with van der Waals surface area (Å²) in [5.74, 6) is 0.560. The number of hydrogen-bond donors (Lipinski definition) is 1. The van der Waals surface area contributed by atoms with E-state index in [0.717, 1.165) is 29.1 Å². The first kappa shape index (κ1) is 19.5. The van der Waals surface area contributed by atoms with Crippen LogP contribution >= 0.6 is 0 Å². The molecule has 6 nitrogen and oxygen atoms in total. The predicted octanol–water partition coefficient (Wildman–Crippen LogP) is 3.18. The van der Waals surface area contributed by atoms with E-state index in [2.05, 4.69) is 9.82 Å². The number of hydrogen-bond acceptors (Lipinski definition) is 4. The molecular weight excluding hydrogens is 338 g/mol. The number of sulfonamides is 1. The highest BCUT2D eigenvalue weighted by molar-refractivity contribution is 7.89. The summed E-state index contributed by atoms with van der Waals surface area (Å²) >= 11 is 0. The Morgan fingerprint density at radius 2 is 1.84 bits per heavy atom. The van der Waals surface area contributed by atoms with Crippen molar-refractivity contribution in [3.8, 4) is 5.75 Å². The van der Waals surface area contributed by atoms with Crippen LogP contribution in [0.3, 0.4) is 0 Å². The lowest BCUT2D eigenvalue weighted by molar-refractivity contribution is 0.410. The maximum Gasteiger partial charge on any atom is 0.241 e. The minimum absolute atomic E-state index is 0.236. The summed E-state index contributed by atoms with van der Waals surface area (Å²) in [6.45, 7) is 12.2. The van der Waals surface area contributed by atoms with E-state index in [9.17, 15) is 8.42 Å². The molecule has 7 heteroatoms. The maximum absolute atomic E-state index is 12.9. The van der Waals surface area contributed by atoms with Crippen LogP contribution in [0.5, 0.6) is 5.75 Å². The topological polar surface area (TPSA) is 73.2 Å². The third kappa shape index (κ3) is 3.72. The predicted molar refractivity (Wildman–Crippen MR) is 98.6 cm³/mol. The third-order valence-corrected chi connectivity index (χ3v) is 6.17. The van der Waals surface area contributed by atoms with Crippen LogP contribution in [0.2, 0.25) is 0 Å². The molecule has 0 amide bonds. The van der Waals surface area contributed by atoms with Gasteiger partial charge in [0.05, 0.1) is 17.7 Å². The fraction of sp³-hybridized carbons (Fsp3) is 0.500. The first-order valence-electron chi connectivity index (χ1n) is 8.33. The molecule has 0 saturated heterocycles. The van der Waals surface area contributed by atoms with Crippen LogP contribution < -0.4 is 9.46 Å². The van der Waals surface area contributed by atoms with Gasteiger partial charge in [-0.3, -0.25) is 4.68 Å². The lowest BCUT2D eigenvalue weighted by atomic mass is 10.1. The molecule has 1 N–H and O–H groups in total. The number of rotatable bonds is 6. The lowest BCUT2D eigenvalue weighted by Crippen LogP contribution is -2.28. The maximum atomic E-state index is 12.9. The Hall–Kier alpha value is -1.86. The minimum atomic E-state index is -3.69. The standard InChI is InChI=1S/C18H27N3O3S/c1-8-21-15(6)18(13(4)19-21)14(5)20-25(22,23)17-10-16(24-7)11(2)9-12(17)3/h9-10,14,20H,8H2,1-7H3. The van der Waals surface area contributed by atoms with Crippen molar-refractivity contribution in [1.82, 2.24) is 14.5 Å². The second kappa shape index (κ2) is 7.17. The van der Waals surface area contributed by atoms with Gasteiger partial charge >= 0.3 is 0 Å². The van der Waals surface area contributed by atoms with Crippen molar-refractivity contribution in [1.29, 1.82) is 0 Å². The molecule has 1 heterocycles.